The van der Waals surface area contributed by atoms with Crippen LogP contribution in [-0.4, -0.2) is 32.9 Å². The quantitative estimate of drug-likeness (QED) is 0.582. The number of anilines is 1. The van der Waals surface area contributed by atoms with Gasteiger partial charge in [-0.1, -0.05) is 6.07 Å². The van der Waals surface area contributed by atoms with E-state index < -0.39 is 31.7 Å². The molecule has 11 heteroatoms. The second-order valence-electron chi connectivity index (χ2n) is 4.75. The molecule has 0 aliphatic carbocycles. The zero-order valence-electron chi connectivity index (χ0n) is 12.4. The van der Waals surface area contributed by atoms with Crippen molar-refractivity contribution >= 4 is 32.8 Å². The molecule has 0 spiro atoms. The van der Waals surface area contributed by atoms with Gasteiger partial charge in [0.1, 0.15) is 10.7 Å². The molecule has 0 radical (unpaired) electrons. The fourth-order valence-corrected chi connectivity index (χ4v) is 3.44. The van der Waals surface area contributed by atoms with Gasteiger partial charge < -0.3 is 10.6 Å². The van der Waals surface area contributed by atoms with Gasteiger partial charge in [-0.05, 0) is 29.6 Å². The topological polar surface area (TPSA) is 75.3 Å². The van der Waals surface area contributed by atoms with Crippen LogP contribution in [0.5, 0.6) is 0 Å². The van der Waals surface area contributed by atoms with Crippen LogP contribution in [0.1, 0.15) is 9.67 Å². The number of benzene rings is 1. The molecule has 0 aliphatic heterocycles. The van der Waals surface area contributed by atoms with Gasteiger partial charge in [0, 0.05) is 13.1 Å². The van der Waals surface area contributed by atoms with Crippen molar-refractivity contribution in [3.8, 4) is 0 Å². The Balaban J connectivity index is 2.06. The number of rotatable bonds is 6. The maximum atomic E-state index is 13.2. The molecule has 0 unspecified atom stereocenters. The largest absolute Gasteiger partial charge is 0.501 e. The third kappa shape index (κ3) is 4.48. The molecular formula is C14H12F4N2O3S2. The summed E-state index contributed by atoms with van der Waals surface area (Å²) in [7, 11) is -5.71. The van der Waals surface area contributed by atoms with E-state index in [1.165, 1.54) is 11.3 Å². The normalized spacial score (nSPS) is 12.0. The monoisotopic (exact) mass is 396 g/mol. The number of sulfone groups is 1. The number of carbonyl (C=O) groups excluding carboxylic acids is 1. The molecule has 136 valence electrons. The number of alkyl halides is 3. The third-order valence-electron chi connectivity index (χ3n) is 3.01. The van der Waals surface area contributed by atoms with E-state index in [4.69, 9.17) is 0 Å². The number of hydrogen-bond donors (Lipinski definition) is 2. The van der Waals surface area contributed by atoms with E-state index in [9.17, 15) is 30.8 Å². The summed E-state index contributed by atoms with van der Waals surface area (Å²) in [5, 5.41) is 6.69. The first-order chi connectivity index (χ1) is 11.6. The Morgan fingerprint density at radius 3 is 2.48 bits per heavy atom. The molecule has 0 fully saturated rings. The maximum absolute atomic E-state index is 13.2. The lowest BCUT2D eigenvalue weighted by atomic mass is 10.3. The molecule has 0 saturated carbocycles. The molecule has 1 aromatic heterocycles. The summed E-state index contributed by atoms with van der Waals surface area (Å²) in [5.41, 5.74) is -5.95. The van der Waals surface area contributed by atoms with Gasteiger partial charge in [0.25, 0.3) is 15.7 Å². The molecule has 0 bridgehead atoms. The number of carbonyl (C=O) groups is 1. The van der Waals surface area contributed by atoms with E-state index in [0.29, 0.717) is 10.9 Å². The summed E-state index contributed by atoms with van der Waals surface area (Å²) in [6, 6.07) is 5.32. The van der Waals surface area contributed by atoms with Crippen molar-refractivity contribution in [2.24, 2.45) is 0 Å². The molecule has 2 N–H and O–H groups in total. The summed E-state index contributed by atoms with van der Waals surface area (Å²) in [4.78, 5) is 11.0. The summed E-state index contributed by atoms with van der Waals surface area (Å²) < 4.78 is 74.3. The van der Waals surface area contributed by atoms with Crippen LogP contribution in [0.25, 0.3) is 0 Å². The lowest BCUT2D eigenvalue weighted by molar-refractivity contribution is -0.0435. The zero-order valence-corrected chi connectivity index (χ0v) is 14.1. The van der Waals surface area contributed by atoms with Gasteiger partial charge >= 0.3 is 5.51 Å². The van der Waals surface area contributed by atoms with Gasteiger partial charge in [0.05, 0.1) is 10.6 Å². The van der Waals surface area contributed by atoms with Crippen molar-refractivity contribution in [3.05, 3.63) is 46.4 Å². The summed E-state index contributed by atoms with van der Waals surface area (Å²) in [5.74, 6) is -1.47. The van der Waals surface area contributed by atoms with Crippen molar-refractivity contribution in [2.45, 2.75) is 10.4 Å². The molecule has 25 heavy (non-hydrogen) atoms. The Kier molecular flexibility index (Phi) is 5.68. The summed E-state index contributed by atoms with van der Waals surface area (Å²) >= 11 is 1.22. The highest BCUT2D eigenvalue weighted by molar-refractivity contribution is 7.92. The first kappa shape index (κ1) is 19.2. The molecule has 1 heterocycles. The van der Waals surface area contributed by atoms with Crippen molar-refractivity contribution in [3.63, 3.8) is 0 Å². The van der Waals surface area contributed by atoms with Crippen molar-refractivity contribution in [2.75, 3.05) is 18.4 Å². The lowest BCUT2D eigenvalue weighted by Gasteiger charge is -2.14. The Morgan fingerprint density at radius 1 is 1.16 bits per heavy atom. The minimum atomic E-state index is -5.71. The van der Waals surface area contributed by atoms with Crippen LogP contribution in [0.2, 0.25) is 0 Å². The van der Waals surface area contributed by atoms with Gasteiger partial charge in [-0.25, -0.2) is 12.8 Å². The van der Waals surface area contributed by atoms with E-state index in [1.807, 2.05) is 0 Å². The second kappa shape index (κ2) is 7.40. The van der Waals surface area contributed by atoms with Crippen LogP contribution in [-0.2, 0) is 9.84 Å². The predicted molar refractivity (Wildman–Crippen MR) is 84.8 cm³/mol. The number of thiophene rings is 1. The SMILES string of the molecule is O=C(NCCNc1ccc(F)cc1S(=O)(=O)C(F)(F)F)c1cccs1. The standard InChI is InChI=1S/C14H12F4N2O3S2/c15-9-3-4-10(12(8-9)25(22,23)14(16,17)18)19-5-6-20-13(21)11-2-1-7-24-11/h1-4,7-8,19H,5-6H2,(H,20,21). The van der Waals surface area contributed by atoms with Crippen molar-refractivity contribution in [1.82, 2.24) is 5.32 Å². The van der Waals surface area contributed by atoms with Crippen LogP contribution < -0.4 is 10.6 Å². The first-order valence-corrected chi connectivity index (χ1v) is 9.15. The minimum absolute atomic E-state index is 0.0274. The molecule has 0 atom stereocenters. The average molecular weight is 396 g/mol. The highest BCUT2D eigenvalue weighted by Crippen LogP contribution is 2.34. The van der Waals surface area contributed by atoms with Crippen molar-refractivity contribution in [1.29, 1.82) is 0 Å². The number of nitrogens with one attached hydrogen (secondary N) is 2. The second-order valence-corrected chi connectivity index (χ2v) is 7.61. The molecule has 0 saturated heterocycles. The zero-order chi connectivity index (χ0) is 18.7. The van der Waals surface area contributed by atoms with Gasteiger partial charge in [-0.15, -0.1) is 11.3 Å². The smallest absolute Gasteiger partial charge is 0.382 e. The highest BCUT2D eigenvalue weighted by Gasteiger charge is 2.48. The van der Waals surface area contributed by atoms with Gasteiger partial charge in [-0.2, -0.15) is 13.2 Å². The van der Waals surface area contributed by atoms with E-state index in [2.05, 4.69) is 10.6 Å². The van der Waals surface area contributed by atoms with Crippen LogP contribution in [0.4, 0.5) is 23.2 Å². The van der Waals surface area contributed by atoms with Gasteiger partial charge in [-0.3, -0.25) is 4.79 Å². The Labute approximate surface area is 144 Å². The van der Waals surface area contributed by atoms with E-state index in [0.717, 1.165) is 12.1 Å². The molecule has 1 amide bonds. The fourth-order valence-electron chi connectivity index (χ4n) is 1.86. The van der Waals surface area contributed by atoms with E-state index >= 15 is 0 Å². The van der Waals surface area contributed by atoms with Crippen LogP contribution in [0, 0.1) is 5.82 Å². The Hall–Kier alpha value is -2.14. The predicted octanol–water partition coefficient (Wildman–Crippen LogP) is 3.02. The molecule has 0 aliphatic rings. The maximum Gasteiger partial charge on any atom is 0.501 e. The molecule has 1 aromatic carbocycles. The molecule has 2 aromatic rings. The number of hydrogen-bond acceptors (Lipinski definition) is 5. The van der Waals surface area contributed by atoms with Crippen LogP contribution in [0.3, 0.4) is 0 Å². The summed E-state index contributed by atoms with van der Waals surface area (Å²) in [6.45, 7) is -0.0251. The highest BCUT2D eigenvalue weighted by atomic mass is 32.2. The van der Waals surface area contributed by atoms with Gasteiger partial charge in [0.2, 0.25) is 0 Å². The Bertz CT molecular complexity index is 849. The van der Waals surface area contributed by atoms with Crippen molar-refractivity contribution < 1.29 is 30.8 Å². The van der Waals surface area contributed by atoms with Crippen LogP contribution in [0.15, 0.2) is 40.6 Å². The van der Waals surface area contributed by atoms with E-state index in [1.54, 1.807) is 17.5 Å². The fraction of sp³-hybridized carbons (Fsp3) is 0.214. The molecular weight excluding hydrogens is 384 g/mol. The Morgan fingerprint density at radius 2 is 1.88 bits per heavy atom. The third-order valence-corrected chi connectivity index (χ3v) is 5.40. The van der Waals surface area contributed by atoms with Gasteiger partial charge in [0.15, 0.2) is 0 Å². The average Bonchev–Trinajstić information content (AvgIpc) is 3.05. The van der Waals surface area contributed by atoms with E-state index in [-0.39, 0.29) is 19.0 Å². The molecule has 5 nitrogen and oxygen atoms in total. The lowest BCUT2D eigenvalue weighted by Crippen LogP contribution is -2.29. The number of halogens is 4. The van der Waals surface area contributed by atoms with Crippen LogP contribution >= 0.6 is 11.3 Å². The molecule has 2 rings (SSSR count). The first-order valence-electron chi connectivity index (χ1n) is 6.79. The summed E-state index contributed by atoms with van der Waals surface area (Å²) in [6.07, 6.45) is 0. The number of amides is 1. The minimum Gasteiger partial charge on any atom is -0.382 e.